The van der Waals surface area contributed by atoms with E-state index in [9.17, 15) is 22.8 Å². The number of hydrogen-bond donors (Lipinski definition) is 2. The van der Waals surface area contributed by atoms with Crippen molar-refractivity contribution in [1.82, 2.24) is 4.98 Å². The Morgan fingerprint density at radius 2 is 1.80 bits per heavy atom. The van der Waals surface area contributed by atoms with Crippen LogP contribution in [0.2, 0.25) is 0 Å². The molecule has 0 saturated heterocycles. The smallest absolute Gasteiger partial charge is 0.326 e. The number of alkyl halides is 3. The molecule has 0 spiro atoms. The minimum Gasteiger partial charge on any atom is -0.326 e. The molecule has 3 rings (SSSR count). The second kappa shape index (κ2) is 9.25. The summed E-state index contributed by atoms with van der Waals surface area (Å²) in [6.45, 7) is 1.92. The normalized spacial score (nSPS) is 11.5. The molecule has 0 saturated carbocycles. The number of nitrogens with zero attached hydrogens (tertiary/aromatic N) is 1. The molecule has 0 aliphatic rings. The van der Waals surface area contributed by atoms with Crippen molar-refractivity contribution in [3.8, 4) is 0 Å². The Kier molecular flexibility index (Phi) is 6.71. The Morgan fingerprint density at radius 3 is 2.53 bits per heavy atom. The van der Waals surface area contributed by atoms with Crippen molar-refractivity contribution in [3.63, 3.8) is 0 Å². The van der Waals surface area contributed by atoms with Gasteiger partial charge in [0, 0.05) is 18.5 Å². The van der Waals surface area contributed by atoms with Gasteiger partial charge >= 0.3 is 6.18 Å². The van der Waals surface area contributed by atoms with E-state index in [1.165, 1.54) is 23.5 Å². The highest BCUT2D eigenvalue weighted by molar-refractivity contribution is 7.22. The fraction of sp³-hybridized carbons (Fsp3) is 0.286. The van der Waals surface area contributed by atoms with Crippen LogP contribution in [0.5, 0.6) is 0 Å². The molecule has 30 heavy (non-hydrogen) atoms. The van der Waals surface area contributed by atoms with Crippen molar-refractivity contribution in [3.05, 3.63) is 53.6 Å². The van der Waals surface area contributed by atoms with Gasteiger partial charge in [-0.15, -0.1) is 0 Å². The van der Waals surface area contributed by atoms with Crippen LogP contribution in [-0.2, 0) is 22.2 Å². The summed E-state index contributed by atoms with van der Waals surface area (Å²) >= 11 is 1.36. The number of thiazole rings is 1. The molecule has 0 aliphatic heterocycles. The maximum absolute atomic E-state index is 12.8. The molecule has 9 heteroatoms. The van der Waals surface area contributed by atoms with Crippen molar-refractivity contribution in [2.24, 2.45) is 0 Å². The average molecular weight is 435 g/mol. The quantitative estimate of drug-likeness (QED) is 0.506. The van der Waals surface area contributed by atoms with Gasteiger partial charge in [0.05, 0.1) is 15.8 Å². The monoisotopic (exact) mass is 435 g/mol. The van der Waals surface area contributed by atoms with E-state index in [2.05, 4.69) is 15.6 Å². The first-order valence-electron chi connectivity index (χ1n) is 9.41. The summed E-state index contributed by atoms with van der Waals surface area (Å²) in [6.07, 6.45) is -2.72. The fourth-order valence-electron chi connectivity index (χ4n) is 2.84. The molecule has 0 radical (unpaired) electrons. The van der Waals surface area contributed by atoms with Gasteiger partial charge in [0.2, 0.25) is 11.8 Å². The molecule has 0 unspecified atom stereocenters. The highest BCUT2D eigenvalue weighted by atomic mass is 32.1. The number of fused-ring (bicyclic) bond motifs is 1. The first kappa shape index (κ1) is 21.8. The van der Waals surface area contributed by atoms with Crippen molar-refractivity contribution in [2.75, 3.05) is 10.6 Å². The van der Waals surface area contributed by atoms with E-state index < -0.39 is 11.7 Å². The standard InChI is InChI=1S/C21H20F3N3O2S/c1-2-4-18(28)27-20-26-16-9-7-13(11-17(16)30-20)8-10-19(29)25-15-6-3-5-14(12-15)21(22,23)24/h3,5-7,9,11-12H,2,4,8,10H2,1H3,(H,25,29)(H,26,27,28). The zero-order chi connectivity index (χ0) is 21.7. The minimum atomic E-state index is -4.46. The van der Waals surface area contributed by atoms with Gasteiger partial charge in [-0.25, -0.2) is 4.98 Å². The van der Waals surface area contributed by atoms with E-state index in [4.69, 9.17) is 0 Å². The predicted molar refractivity (Wildman–Crippen MR) is 112 cm³/mol. The average Bonchev–Trinajstić information content (AvgIpc) is 3.07. The van der Waals surface area contributed by atoms with Crippen LogP contribution in [0.25, 0.3) is 10.2 Å². The lowest BCUT2D eigenvalue weighted by atomic mass is 10.1. The third-order valence-corrected chi connectivity index (χ3v) is 5.22. The van der Waals surface area contributed by atoms with Crippen LogP contribution in [0.15, 0.2) is 42.5 Å². The number of carbonyl (C=O) groups is 2. The molecule has 5 nitrogen and oxygen atoms in total. The van der Waals surface area contributed by atoms with Gasteiger partial charge in [0.15, 0.2) is 5.13 Å². The summed E-state index contributed by atoms with van der Waals surface area (Å²) in [6, 6.07) is 10.1. The number of hydrogen-bond acceptors (Lipinski definition) is 4. The van der Waals surface area contributed by atoms with Gasteiger partial charge in [0.25, 0.3) is 0 Å². The Balaban J connectivity index is 1.60. The minimum absolute atomic E-state index is 0.0805. The number of anilines is 2. The fourth-order valence-corrected chi connectivity index (χ4v) is 3.79. The summed E-state index contributed by atoms with van der Waals surface area (Å²) in [5, 5.41) is 5.80. The molecule has 3 aromatic rings. The van der Waals surface area contributed by atoms with Crippen molar-refractivity contribution >= 4 is 44.2 Å². The first-order valence-corrected chi connectivity index (χ1v) is 10.2. The number of nitrogens with one attached hydrogen (secondary N) is 2. The second-order valence-corrected chi connectivity index (χ2v) is 7.78. The Morgan fingerprint density at radius 1 is 1.03 bits per heavy atom. The summed E-state index contributed by atoms with van der Waals surface area (Å²) in [5.41, 5.74) is 0.957. The maximum Gasteiger partial charge on any atom is 0.416 e. The van der Waals surface area contributed by atoms with Crippen LogP contribution in [0.1, 0.15) is 37.3 Å². The summed E-state index contributed by atoms with van der Waals surface area (Å²) < 4.78 is 39.2. The van der Waals surface area contributed by atoms with Crippen molar-refractivity contribution in [2.45, 2.75) is 38.8 Å². The molecule has 2 N–H and O–H groups in total. The van der Waals surface area contributed by atoms with Gasteiger partial charge in [0.1, 0.15) is 0 Å². The Bertz CT molecular complexity index is 1060. The highest BCUT2D eigenvalue weighted by Crippen LogP contribution is 2.31. The Hall–Kier alpha value is -2.94. The largest absolute Gasteiger partial charge is 0.416 e. The predicted octanol–water partition coefficient (Wildman–Crippen LogP) is 5.63. The number of benzene rings is 2. The van der Waals surface area contributed by atoms with E-state index in [-0.39, 0.29) is 23.9 Å². The van der Waals surface area contributed by atoms with Crippen LogP contribution in [-0.4, -0.2) is 16.8 Å². The SMILES string of the molecule is CCCC(=O)Nc1nc2ccc(CCC(=O)Nc3cccc(C(F)(F)F)c3)cc2s1. The molecule has 1 heterocycles. The number of aryl methyl sites for hydroxylation is 1. The zero-order valence-corrected chi connectivity index (χ0v) is 17.0. The summed E-state index contributed by atoms with van der Waals surface area (Å²) in [7, 11) is 0. The van der Waals surface area contributed by atoms with Gasteiger partial charge in [-0.1, -0.05) is 30.4 Å². The number of amides is 2. The van der Waals surface area contributed by atoms with Crippen LogP contribution < -0.4 is 10.6 Å². The third kappa shape index (κ3) is 5.79. The van der Waals surface area contributed by atoms with Gasteiger partial charge < -0.3 is 10.6 Å². The van der Waals surface area contributed by atoms with Crippen LogP contribution in [0, 0.1) is 0 Å². The lowest BCUT2D eigenvalue weighted by Crippen LogP contribution is -2.13. The third-order valence-electron chi connectivity index (χ3n) is 4.29. The van der Waals surface area contributed by atoms with E-state index >= 15 is 0 Å². The molecule has 0 bridgehead atoms. The van der Waals surface area contributed by atoms with Gasteiger partial charge in [-0.05, 0) is 48.7 Å². The summed E-state index contributed by atoms with van der Waals surface area (Å²) in [5.74, 6) is -0.450. The number of aromatic nitrogens is 1. The molecule has 1 aromatic heterocycles. The molecule has 158 valence electrons. The molecule has 2 amide bonds. The van der Waals surface area contributed by atoms with E-state index in [1.807, 2.05) is 25.1 Å². The maximum atomic E-state index is 12.8. The van der Waals surface area contributed by atoms with E-state index in [0.29, 0.717) is 18.0 Å². The highest BCUT2D eigenvalue weighted by Gasteiger charge is 2.30. The van der Waals surface area contributed by atoms with Crippen LogP contribution in [0.3, 0.4) is 0 Å². The molecule has 2 aromatic carbocycles. The Labute approximate surface area is 175 Å². The van der Waals surface area contributed by atoms with Crippen molar-refractivity contribution < 1.29 is 22.8 Å². The summed E-state index contributed by atoms with van der Waals surface area (Å²) in [4.78, 5) is 28.2. The first-order chi connectivity index (χ1) is 14.2. The van der Waals surface area contributed by atoms with Crippen molar-refractivity contribution in [1.29, 1.82) is 0 Å². The lowest BCUT2D eigenvalue weighted by Gasteiger charge is -2.10. The zero-order valence-electron chi connectivity index (χ0n) is 16.2. The van der Waals surface area contributed by atoms with Crippen LogP contribution in [0.4, 0.5) is 24.0 Å². The molecule has 0 aliphatic carbocycles. The molecule has 0 fully saturated rings. The lowest BCUT2D eigenvalue weighted by molar-refractivity contribution is -0.137. The van der Waals surface area contributed by atoms with Gasteiger partial charge in [-0.3, -0.25) is 9.59 Å². The van der Waals surface area contributed by atoms with E-state index in [1.54, 1.807) is 0 Å². The molecular formula is C21H20F3N3O2S. The topological polar surface area (TPSA) is 71.1 Å². The van der Waals surface area contributed by atoms with Crippen LogP contribution >= 0.6 is 11.3 Å². The number of carbonyl (C=O) groups excluding carboxylic acids is 2. The number of halogens is 3. The van der Waals surface area contributed by atoms with E-state index in [0.717, 1.165) is 34.3 Å². The number of rotatable bonds is 7. The van der Waals surface area contributed by atoms with Gasteiger partial charge in [-0.2, -0.15) is 13.2 Å². The molecular weight excluding hydrogens is 415 g/mol. The second-order valence-electron chi connectivity index (χ2n) is 6.75. The molecule has 0 atom stereocenters.